The van der Waals surface area contributed by atoms with Crippen molar-refractivity contribution in [3.8, 4) is 23.6 Å². The van der Waals surface area contributed by atoms with Gasteiger partial charge in [0.2, 0.25) is 0 Å². The van der Waals surface area contributed by atoms with Gasteiger partial charge in [0.25, 0.3) is 5.79 Å². The highest BCUT2D eigenvalue weighted by atomic mass is 35.5. The minimum atomic E-state index is -5.27. The van der Waals surface area contributed by atoms with Gasteiger partial charge in [-0.05, 0) is 30.3 Å². The highest BCUT2D eigenvalue weighted by Gasteiger charge is 2.77. The highest BCUT2D eigenvalue weighted by molar-refractivity contribution is 6.30. The minimum Gasteiger partial charge on any atom is -0.456 e. The topological polar surface area (TPSA) is 97.3 Å². The Balaban J connectivity index is 2.20. The third-order valence-corrected chi connectivity index (χ3v) is 4.24. The Bertz CT molecular complexity index is 1040. The van der Waals surface area contributed by atoms with Crippen molar-refractivity contribution in [1.82, 2.24) is 0 Å². The lowest BCUT2D eigenvalue weighted by molar-refractivity contribution is -0.357. The van der Waals surface area contributed by atoms with E-state index in [9.17, 15) is 33.0 Å². The van der Waals surface area contributed by atoms with Crippen LogP contribution in [-0.2, 0) is 11.7 Å². The quantitative estimate of drug-likeness (QED) is 0.593. The SMILES string of the molecule is N#Cc1cc(Cl)cc(Oc2ccc3c(c2C#N)C(O)(O)C(F)(F)C3(F)F)c1. The molecule has 2 aromatic carbocycles. The molecule has 2 aromatic rings. The minimum absolute atomic E-state index is 0.0777. The Kier molecular flexibility index (Phi) is 4.08. The van der Waals surface area contributed by atoms with Gasteiger partial charge >= 0.3 is 11.8 Å². The van der Waals surface area contributed by atoms with E-state index in [1.54, 1.807) is 6.07 Å². The monoisotopic (exact) mass is 398 g/mol. The van der Waals surface area contributed by atoms with Gasteiger partial charge < -0.3 is 14.9 Å². The molecule has 0 amide bonds. The zero-order chi connectivity index (χ0) is 20.2. The van der Waals surface area contributed by atoms with Crippen LogP contribution in [0.25, 0.3) is 0 Å². The molecular weight excluding hydrogens is 392 g/mol. The second-order valence-electron chi connectivity index (χ2n) is 5.68. The number of hydrogen-bond donors (Lipinski definition) is 2. The fraction of sp³-hybridized carbons (Fsp3) is 0.176. The highest BCUT2D eigenvalue weighted by Crippen LogP contribution is 2.60. The molecule has 0 aromatic heterocycles. The van der Waals surface area contributed by atoms with Crippen molar-refractivity contribution in [2.75, 3.05) is 0 Å². The molecule has 0 unspecified atom stereocenters. The van der Waals surface area contributed by atoms with E-state index < -0.39 is 40.1 Å². The number of ether oxygens (including phenoxy) is 1. The number of fused-ring (bicyclic) bond motifs is 1. The van der Waals surface area contributed by atoms with Gasteiger partial charge in [0.05, 0.1) is 11.6 Å². The molecule has 2 N–H and O–H groups in total. The van der Waals surface area contributed by atoms with Crippen molar-refractivity contribution >= 4 is 11.6 Å². The van der Waals surface area contributed by atoms with Crippen molar-refractivity contribution in [3.05, 3.63) is 57.6 Å². The lowest BCUT2D eigenvalue weighted by Gasteiger charge is -2.27. The molecule has 1 aliphatic carbocycles. The maximum Gasteiger partial charge on any atom is 0.371 e. The molecule has 0 saturated heterocycles. The van der Waals surface area contributed by atoms with E-state index in [1.807, 2.05) is 0 Å². The zero-order valence-corrected chi connectivity index (χ0v) is 13.7. The molecule has 0 atom stereocenters. The second-order valence-corrected chi connectivity index (χ2v) is 6.12. The first-order chi connectivity index (χ1) is 12.5. The lowest BCUT2D eigenvalue weighted by atomic mass is 9.99. The van der Waals surface area contributed by atoms with Crippen LogP contribution in [0.1, 0.15) is 22.3 Å². The van der Waals surface area contributed by atoms with E-state index in [0.29, 0.717) is 6.07 Å². The number of benzene rings is 2. The molecular formula is C17H7ClF4N2O3. The zero-order valence-electron chi connectivity index (χ0n) is 13.0. The molecule has 0 spiro atoms. The largest absolute Gasteiger partial charge is 0.456 e. The van der Waals surface area contributed by atoms with Crippen molar-refractivity contribution in [2.45, 2.75) is 17.6 Å². The summed E-state index contributed by atoms with van der Waals surface area (Å²) < 4.78 is 61.0. The van der Waals surface area contributed by atoms with Gasteiger partial charge in [0.15, 0.2) is 0 Å². The predicted octanol–water partition coefficient (Wildman–Crippen LogP) is 3.75. The van der Waals surface area contributed by atoms with Crippen LogP contribution >= 0.6 is 11.6 Å². The van der Waals surface area contributed by atoms with E-state index in [0.717, 1.165) is 6.07 Å². The van der Waals surface area contributed by atoms with Gasteiger partial charge in [-0.2, -0.15) is 28.1 Å². The van der Waals surface area contributed by atoms with Crippen LogP contribution in [0, 0.1) is 22.7 Å². The molecule has 3 rings (SSSR count). The van der Waals surface area contributed by atoms with E-state index in [4.69, 9.17) is 21.6 Å². The van der Waals surface area contributed by atoms with Crippen LogP contribution in [0.3, 0.4) is 0 Å². The molecule has 0 heterocycles. The molecule has 10 heteroatoms. The van der Waals surface area contributed by atoms with Crippen LogP contribution in [0.4, 0.5) is 17.6 Å². The Morgan fingerprint density at radius 1 is 1.00 bits per heavy atom. The molecule has 1 aliphatic rings. The number of hydrogen-bond acceptors (Lipinski definition) is 5. The molecule has 0 bridgehead atoms. The van der Waals surface area contributed by atoms with Gasteiger partial charge in [-0.3, -0.25) is 0 Å². The van der Waals surface area contributed by atoms with Gasteiger partial charge in [0, 0.05) is 16.1 Å². The summed E-state index contributed by atoms with van der Waals surface area (Å²) in [6.45, 7) is 0. The summed E-state index contributed by atoms with van der Waals surface area (Å²) in [7, 11) is 0. The Morgan fingerprint density at radius 3 is 2.26 bits per heavy atom. The van der Waals surface area contributed by atoms with E-state index in [1.165, 1.54) is 24.3 Å². The Hall–Kier alpha value is -2.85. The first kappa shape index (κ1) is 18.9. The van der Waals surface area contributed by atoms with Crippen molar-refractivity contribution in [3.63, 3.8) is 0 Å². The van der Waals surface area contributed by atoms with Gasteiger partial charge in [-0.1, -0.05) is 11.6 Å². The summed E-state index contributed by atoms with van der Waals surface area (Å²) in [4.78, 5) is 0. The van der Waals surface area contributed by atoms with Crippen molar-refractivity contribution < 1.29 is 32.5 Å². The summed E-state index contributed by atoms with van der Waals surface area (Å²) in [5.74, 6) is -15.1. The number of alkyl halides is 4. The van der Waals surface area contributed by atoms with E-state index in [-0.39, 0.29) is 16.3 Å². The van der Waals surface area contributed by atoms with Gasteiger partial charge in [-0.15, -0.1) is 0 Å². The average molecular weight is 399 g/mol. The van der Waals surface area contributed by atoms with E-state index >= 15 is 0 Å². The Morgan fingerprint density at radius 2 is 1.67 bits per heavy atom. The Labute approximate surface area is 154 Å². The molecule has 0 fully saturated rings. The number of rotatable bonds is 2. The average Bonchev–Trinajstić information content (AvgIpc) is 2.69. The van der Waals surface area contributed by atoms with Gasteiger partial charge in [-0.25, -0.2) is 0 Å². The fourth-order valence-corrected chi connectivity index (χ4v) is 2.99. The van der Waals surface area contributed by atoms with Crippen LogP contribution < -0.4 is 4.74 Å². The molecule has 5 nitrogen and oxygen atoms in total. The third kappa shape index (κ3) is 2.52. The number of nitriles is 2. The summed E-state index contributed by atoms with van der Waals surface area (Å²) in [6.07, 6.45) is 0. The fourth-order valence-electron chi connectivity index (χ4n) is 2.76. The summed E-state index contributed by atoms with van der Waals surface area (Å²) in [5.41, 5.74) is -3.58. The van der Waals surface area contributed by atoms with Gasteiger partial charge in [0.1, 0.15) is 23.1 Å². The third-order valence-electron chi connectivity index (χ3n) is 4.03. The molecule has 0 aliphatic heterocycles. The number of nitrogens with zero attached hydrogens (tertiary/aromatic N) is 2. The smallest absolute Gasteiger partial charge is 0.371 e. The molecule has 27 heavy (non-hydrogen) atoms. The number of halogens is 5. The second kappa shape index (κ2) is 5.83. The summed E-state index contributed by atoms with van der Waals surface area (Å²) in [5, 5.41) is 37.7. The predicted molar refractivity (Wildman–Crippen MR) is 82.4 cm³/mol. The van der Waals surface area contributed by atoms with Crippen LogP contribution in [0.2, 0.25) is 5.02 Å². The maximum absolute atomic E-state index is 14.0. The first-order valence-corrected chi connectivity index (χ1v) is 7.52. The lowest BCUT2D eigenvalue weighted by Crippen LogP contribution is -2.48. The summed E-state index contributed by atoms with van der Waals surface area (Å²) in [6, 6.07) is 8.24. The molecule has 138 valence electrons. The number of aliphatic hydroxyl groups is 2. The summed E-state index contributed by atoms with van der Waals surface area (Å²) >= 11 is 5.81. The van der Waals surface area contributed by atoms with Crippen LogP contribution in [0.15, 0.2) is 30.3 Å². The molecule has 0 saturated carbocycles. The van der Waals surface area contributed by atoms with E-state index in [2.05, 4.69) is 0 Å². The maximum atomic E-state index is 14.0. The standard InChI is InChI=1S/C17H7ClF4N2O3/c18-9-3-8(6-23)4-10(5-9)27-13-2-1-12-14(11(13)7-24)16(25,26)17(21,22)15(12,19)20/h1-5,25-26H. The van der Waals surface area contributed by atoms with Crippen LogP contribution in [-0.4, -0.2) is 16.1 Å². The first-order valence-electron chi connectivity index (χ1n) is 7.14. The molecule has 0 radical (unpaired) electrons. The van der Waals surface area contributed by atoms with Crippen molar-refractivity contribution in [1.29, 1.82) is 10.5 Å². The normalized spacial score (nSPS) is 18.3. The van der Waals surface area contributed by atoms with Crippen molar-refractivity contribution in [2.24, 2.45) is 0 Å². The van der Waals surface area contributed by atoms with Crippen LogP contribution in [0.5, 0.6) is 11.5 Å².